The largest absolute Gasteiger partial charge is 0.313 e. The van der Waals surface area contributed by atoms with Crippen LogP contribution in [0.2, 0.25) is 0 Å². The second-order valence-corrected chi connectivity index (χ2v) is 3.30. The molecule has 0 aliphatic rings. The Morgan fingerprint density at radius 2 is 2.08 bits per heavy atom. The van der Waals surface area contributed by atoms with E-state index < -0.39 is 0 Å². The minimum atomic E-state index is 0.231. The van der Waals surface area contributed by atoms with Gasteiger partial charge < -0.3 is 5.41 Å². The molecule has 0 aromatic rings. The third-order valence-electron chi connectivity index (χ3n) is 1.82. The average Bonchev–Trinajstić information content (AvgIpc) is 2.05. The molecule has 0 amide bonds. The van der Waals surface area contributed by atoms with Gasteiger partial charge in [-0.05, 0) is 44.9 Å². The first-order valence-electron chi connectivity index (χ1n) is 4.89. The van der Waals surface area contributed by atoms with Gasteiger partial charge >= 0.3 is 0 Å². The average molecular weight is 181 g/mol. The Morgan fingerprint density at radius 1 is 1.38 bits per heavy atom. The molecule has 0 spiro atoms. The molecule has 0 aliphatic heterocycles. The van der Waals surface area contributed by atoms with Gasteiger partial charge in [0.15, 0.2) is 5.78 Å². The minimum absolute atomic E-state index is 0.231. The second-order valence-electron chi connectivity index (χ2n) is 3.30. The van der Waals surface area contributed by atoms with Gasteiger partial charge in [0.1, 0.15) is 0 Å². The maximum absolute atomic E-state index is 11.2. The van der Waals surface area contributed by atoms with Crippen molar-refractivity contribution in [3.63, 3.8) is 0 Å². The Hall–Kier alpha value is -0.920. The van der Waals surface area contributed by atoms with Crippen LogP contribution in [0.4, 0.5) is 0 Å². The van der Waals surface area contributed by atoms with Crippen LogP contribution in [-0.4, -0.2) is 12.0 Å². The normalized spacial score (nSPS) is 11.4. The van der Waals surface area contributed by atoms with E-state index >= 15 is 0 Å². The van der Waals surface area contributed by atoms with Crippen molar-refractivity contribution in [2.45, 2.75) is 46.0 Å². The van der Waals surface area contributed by atoms with Gasteiger partial charge in [-0.15, -0.1) is 0 Å². The van der Waals surface area contributed by atoms with Gasteiger partial charge in [-0.3, -0.25) is 4.79 Å². The molecule has 0 unspecified atom stereocenters. The van der Waals surface area contributed by atoms with Crippen LogP contribution in [0.5, 0.6) is 0 Å². The fourth-order valence-electron chi connectivity index (χ4n) is 1.15. The molecule has 13 heavy (non-hydrogen) atoms. The van der Waals surface area contributed by atoms with Crippen LogP contribution < -0.4 is 0 Å². The van der Waals surface area contributed by atoms with Gasteiger partial charge in [-0.1, -0.05) is 12.5 Å². The van der Waals surface area contributed by atoms with Crippen LogP contribution in [0.25, 0.3) is 0 Å². The lowest BCUT2D eigenvalue weighted by Crippen LogP contribution is -1.93. The van der Waals surface area contributed by atoms with Crippen LogP contribution in [0.1, 0.15) is 46.0 Å². The predicted octanol–water partition coefficient (Wildman–Crippen LogP) is 3.12. The highest BCUT2D eigenvalue weighted by Gasteiger charge is 1.96. The summed E-state index contributed by atoms with van der Waals surface area (Å²) < 4.78 is 0. The summed E-state index contributed by atoms with van der Waals surface area (Å²) in [7, 11) is 0. The number of hydrogen-bond acceptors (Lipinski definition) is 2. The molecule has 0 saturated carbocycles. The maximum atomic E-state index is 11.2. The zero-order valence-corrected chi connectivity index (χ0v) is 8.60. The van der Waals surface area contributed by atoms with Crippen molar-refractivity contribution in [2.75, 3.05) is 0 Å². The quantitative estimate of drug-likeness (QED) is 0.366. The van der Waals surface area contributed by atoms with E-state index in [9.17, 15) is 4.79 Å². The summed E-state index contributed by atoms with van der Waals surface area (Å²) in [4.78, 5) is 11.2. The maximum Gasteiger partial charge on any atom is 0.155 e. The molecule has 0 rings (SSSR count). The lowest BCUT2D eigenvalue weighted by Gasteiger charge is -1.98. The number of carbonyl (C=O) groups excluding carboxylic acids is 1. The fourth-order valence-corrected chi connectivity index (χ4v) is 1.15. The lowest BCUT2D eigenvalue weighted by molar-refractivity contribution is -0.114. The molecule has 2 heteroatoms. The van der Waals surface area contributed by atoms with E-state index in [2.05, 4.69) is 0 Å². The van der Waals surface area contributed by atoms with E-state index in [-0.39, 0.29) is 5.78 Å². The first kappa shape index (κ1) is 12.1. The van der Waals surface area contributed by atoms with Gasteiger partial charge in [0.05, 0.1) is 0 Å². The Labute approximate surface area is 80.5 Å². The molecule has 0 aromatic heterocycles. The summed E-state index contributed by atoms with van der Waals surface area (Å²) in [6.45, 7) is 3.99. The van der Waals surface area contributed by atoms with Crippen molar-refractivity contribution in [1.29, 1.82) is 5.41 Å². The van der Waals surface area contributed by atoms with Gasteiger partial charge in [-0.2, -0.15) is 0 Å². The summed E-state index contributed by atoms with van der Waals surface area (Å²) >= 11 is 0. The zero-order chi connectivity index (χ0) is 10.1. The Balaban J connectivity index is 3.72. The van der Waals surface area contributed by atoms with Crippen molar-refractivity contribution in [3.05, 3.63) is 11.6 Å². The zero-order valence-electron chi connectivity index (χ0n) is 8.60. The van der Waals surface area contributed by atoms with Crippen LogP contribution in [0.3, 0.4) is 0 Å². The lowest BCUT2D eigenvalue weighted by atomic mass is 10.1. The summed E-state index contributed by atoms with van der Waals surface area (Å²) in [5, 5.41) is 6.84. The molecule has 0 fully saturated rings. The molecule has 0 bridgehead atoms. The third-order valence-corrected chi connectivity index (χ3v) is 1.82. The van der Waals surface area contributed by atoms with Crippen molar-refractivity contribution >= 4 is 12.0 Å². The summed E-state index contributed by atoms with van der Waals surface area (Å²) in [6, 6.07) is 0. The monoisotopic (exact) mass is 181 g/mol. The summed E-state index contributed by atoms with van der Waals surface area (Å²) in [5.74, 6) is 0.231. The second kappa shape index (κ2) is 7.71. The highest BCUT2D eigenvalue weighted by Crippen LogP contribution is 2.06. The van der Waals surface area contributed by atoms with E-state index in [1.807, 2.05) is 13.8 Å². The number of unbranched alkanes of at least 4 members (excludes halogenated alkanes) is 1. The highest BCUT2D eigenvalue weighted by atomic mass is 16.1. The number of rotatable bonds is 7. The van der Waals surface area contributed by atoms with E-state index in [1.165, 1.54) is 6.21 Å². The molecule has 0 heterocycles. The Morgan fingerprint density at radius 3 is 2.62 bits per heavy atom. The molecular formula is C11H19NO. The van der Waals surface area contributed by atoms with Crippen LogP contribution in [0, 0.1) is 5.41 Å². The topological polar surface area (TPSA) is 40.9 Å². The highest BCUT2D eigenvalue weighted by molar-refractivity contribution is 5.90. The molecular weight excluding hydrogens is 162 g/mol. The molecule has 0 aliphatic carbocycles. The van der Waals surface area contributed by atoms with Crippen LogP contribution in [-0.2, 0) is 4.79 Å². The van der Waals surface area contributed by atoms with Crippen molar-refractivity contribution < 1.29 is 4.79 Å². The molecule has 0 atom stereocenters. The van der Waals surface area contributed by atoms with Crippen molar-refractivity contribution in [1.82, 2.24) is 0 Å². The van der Waals surface area contributed by atoms with E-state index in [4.69, 9.17) is 5.41 Å². The molecule has 2 nitrogen and oxygen atoms in total. The number of hydrogen-bond donors (Lipinski definition) is 1. The Kier molecular flexibility index (Phi) is 7.17. The van der Waals surface area contributed by atoms with Crippen LogP contribution >= 0.6 is 0 Å². The Bertz CT molecular complexity index is 194. The van der Waals surface area contributed by atoms with Gasteiger partial charge in [0.2, 0.25) is 0 Å². The number of ketones is 1. The van der Waals surface area contributed by atoms with E-state index in [0.717, 1.165) is 31.3 Å². The minimum Gasteiger partial charge on any atom is -0.313 e. The van der Waals surface area contributed by atoms with Gasteiger partial charge in [-0.25, -0.2) is 0 Å². The first-order chi connectivity index (χ1) is 6.20. The van der Waals surface area contributed by atoms with E-state index in [1.54, 1.807) is 6.08 Å². The summed E-state index contributed by atoms with van der Waals surface area (Å²) in [5.41, 5.74) is 1.14. The van der Waals surface area contributed by atoms with Gasteiger partial charge in [0.25, 0.3) is 0 Å². The number of nitrogens with one attached hydrogen (secondary N) is 1. The molecule has 74 valence electrons. The van der Waals surface area contributed by atoms with Gasteiger partial charge in [0, 0.05) is 6.42 Å². The van der Waals surface area contributed by atoms with Crippen molar-refractivity contribution in [2.24, 2.45) is 0 Å². The van der Waals surface area contributed by atoms with E-state index in [0.29, 0.717) is 6.42 Å². The number of carbonyl (C=O) groups is 1. The fraction of sp³-hybridized carbons (Fsp3) is 0.636. The molecule has 0 aromatic carbocycles. The molecule has 1 N–H and O–H groups in total. The standard InChI is InChI=1S/C11H19NO/c1-3-6-11(13)9-10(2)7-4-5-8-12/h8-9,12H,3-7H2,1-2H3. The van der Waals surface area contributed by atoms with Crippen LogP contribution in [0.15, 0.2) is 11.6 Å². The third kappa shape index (κ3) is 7.44. The van der Waals surface area contributed by atoms with Crippen molar-refractivity contribution in [3.8, 4) is 0 Å². The SMILES string of the molecule is CCCC(=O)C=C(C)CCCC=N. The summed E-state index contributed by atoms with van der Waals surface area (Å²) in [6.07, 6.45) is 7.46. The predicted molar refractivity (Wildman–Crippen MR) is 56.3 cm³/mol. The molecule has 0 radical (unpaired) electrons. The first-order valence-corrected chi connectivity index (χ1v) is 4.89. The number of allylic oxidation sites excluding steroid dienone is 2. The molecule has 0 saturated heterocycles. The smallest absolute Gasteiger partial charge is 0.155 e.